The number of anilines is 1. The zero-order valence-corrected chi connectivity index (χ0v) is 11.8. The van der Waals surface area contributed by atoms with Crippen LogP contribution in [0, 0.1) is 0 Å². The molecule has 2 heterocycles. The summed E-state index contributed by atoms with van der Waals surface area (Å²) in [5, 5.41) is 0.726. The maximum atomic E-state index is 6.17. The average molecular weight is 269 g/mol. The Morgan fingerprint density at radius 1 is 1.33 bits per heavy atom. The molecule has 5 heteroatoms. The van der Waals surface area contributed by atoms with Crippen molar-refractivity contribution in [3.8, 4) is 0 Å². The third-order valence-electron chi connectivity index (χ3n) is 3.67. The summed E-state index contributed by atoms with van der Waals surface area (Å²) < 4.78 is 0. The molecule has 100 valence electrons. The molecule has 1 fully saturated rings. The van der Waals surface area contributed by atoms with Gasteiger partial charge in [0, 0.05) is 44.5 Å². The maximum absolute atomic E-state index is 6.17. The van der Waals surface area contributed by atoms with Crippen molar-refractivity contribution in [2.24, 2.45) is 5.73 Å². The molecule has 0 aromatic carbocycles. The predicted octanol–water partition coefficient (Wildman–Crippen LogP) is 1.59. The summed E-state index contributed by atoms with van der Waals surface area (Å²) in [7, 11) is 0. The highest BCUT2D eigenvalue weighted by molar-refractivity contribution is 6.32. The molecule has 18 heavy (non-hydrogen) atoms. The average Bonchev–Trinajstić information content (AvgIpc) is 2.39. The van der Waals surface area contributed by atoms with Gasteiger partial charge < -0.3 is 10.6 Å². The summed E-state index contributed by atoms with van der Waals surface area (Å²) in [5.41, 5.74) is 5.89. The smallest absolute Gasteiger partial charge is 0.147 e. The van der Waals surface area contributed by atoms with E-state index in [2.05, 4.69) is 28.6 Å². The fourth-order valence-corrected chi connectivity index (χ4v) is 2.50. The van der Waals surface area contributed by atoms with E-state index in [1.165, 1.54) is 0 Å². The van der Waals surface area contributed by atoms with Crippen molar-refractivity contribution in [3.05, 3.63) is 23.4 Å². The number of pyridine rings is 1. The Balaban J connectivity index is 2.01. The van der Waals surface area contributed by atoms with Gasteiger partial charge in [-0.05, 0) is 26.0 Å². The molecule has 0 atom stereocenters. The van der Waals surface area contributed by atoms with Gasteiger partial charge in [-0.2, -0.15) is 0 Å². The van der Waals surface area contributed by atoms with Crippen LogP contribution in [0.25, 0.3) is 0 Å². The Hall–Kier alpha value is -0.840. The molecule has 1 saturated heterocycles. The Morgan fingerprint density at radius 3 is 2.56 bits per heavy atom. The number of nitrogens with two attached hydrogens (primary N) is 1. The lowest BCUT2D eigenvalue weighted by atomic mass is 10.0. The van der Waals surface area contributed by atoms with Crippen LogP contribution in [0.1, 0.15) is 13.8 Å². The third kappa shape index (κ3) is 2.76. The maximum Gasteiger partial charge on any atom is 0.147 e. The van der Waals surface area contributed by atoms with E-state index in [1.54, 1.807) is 6.20 Å². The van der Waals surface area contributed by atoms with E-state index in [1.807, 2.05) is 12.1 Å². The molecule has 2 N–H and O–H groups in total. The second-order valence-corrected chi connectivity index (χ2v) is 5.71. The highest BCUT2D eigenvalue weighted by Gasteiger charge is 2.29. The number of hydrogen-bond acceptors (Lipinski definition) is 4. The second kappa shape index (κ2) is 5.43. The van der Waals surface area contributed by atoms with Crippen molar-refractivity contribution in [2.45, 2.75) is 19.4 Å². The van der Waals surface area contributed by atoms with Gasteiger partial charge in [0.05, 0.1) is 5.02 Å². The van der Waals surface area contributed by atoms with Crippen LogP contribution in [-0.4, -0.2) is 48.1 Å². The molecule has 0 radical (unpaired) electrons. The Labute approximate surface area is 114 Å². The lowest BCUT2D eigenvalue weighted by Crippen LogP contribution is -2.57. The van der Waals surface area contributed by atoms with Crippen molar-refractivity contribution < 1.29 is 0 Å². The highest BCUT2D eigenvalue weighted by atomic mass is 35.5. The predicted molar refractivity (Wildman–Crippen MR) is 76.2 cm³/mol. The lowest BCUT2D eigenvalue weighted by Gasteiger charge is -2.44. The van der Waals surface area contributed by atoms with Crippen molar-refractivity contribution in [3.63, 3.8) is 0 Å². The van der Waals surface area contributed by atoms with Crippen molar-refractivity contribution in [2.75, 3.05) is 37.6 Å². The standard InChI is InChI=1S/C13H21ClN4/c1-13(2,10-15)18-8-6-17(7-9-18)12-11(14)4-3-5-16-12/h3-5H,6-10,15H2,1-2H3. The minimum Gasteiger partial charge on any atom is -0.353 e. The van der Waals surface area contributed by atoms with Gasteiger partial charge in [-0.25, -0.2) is 4.98 Å². The van der Waals surface area contributed by atoms with E-state index < -0.39 is 0 Å². The van der Waals surface area contributed by atoms with Crippen LogP contribution in [0.2, 0.25) is 5.02 Å². The summed E-state index contributed by atoms with van der Waals surface area (Å²) in [6.45, 7) is 8.94. The Bertz CT molecular complexity index is 400. The van der Waals surface area contributed by atoms with Crippen LogP contribution in [-0.2, 0) is 0 Å². The number of halogens is 1. The van der Waals surface area contributed by atoms with E-state index >= 15 is 0 Å². The first-order valence-corrected chi connectivity index (χ1v) is 6.73. The molecule has 0 spiro atoms. The highest BCUT2D eigenvalue weighted by Crippen LogP contribution is 2.24. The minimum absolute atomic E-state index is 0.0694. The molecule has 0 amide bonds. The molecule has 1 aliphatic heterocycles. The molecule has 1 aliphatic rings. The zero-order valence-electron chi connectivity index (χ0n) is 11.1. The van der Waals surface area contributed by atoms with E-state index in [0.29, 0.717) is 6.54 Å². The van der Waals surface area contributed by atoms with E-state index in [9.17, 15) is 0 Å². The molecule has 2 rings (SSSR count). The second-order valence-electron chi connectivity index (χ2n) is 5.30. The normalized spacial score (nSPS) is 18.1. The molecule has 1 aromatic heterocycles. The van der Waals surface area contributed by atoms with Crippen LogP contribution < -0.4 is 10.6 Å². The largest absolute Gasteiger partial charge is 0.353 e. The van der Waals surface area contributed by atoms with Gasteiger partial charge in [-0.15, -0.1) is 0 Å². The van der Waals surface area contributed by atoms with Crippen LogP contribution in [0.3, 0.4) is 0 Å². The molecular formula is C13H21ClN4. The van der Waals surface area contributed by atoms with Crippen LogP contribution >= 0.6 is 11.6 Å². The molecule has 0 aliphatic carbocycles. The molecule has 0 unspecified atom stereocenters. The van der Waals surface area contributed by atoms with Crippen LogP contribution in [0.15, 0.2) is 18.3 Å². The van der Waals surface area contributed by atoms with Gasteiger partial charge >= 0.3 is 0 Å². The molecule has 0 saturated carbocycles. The minimum atomic E-state index is 0.0694. The molecule has 1 aromatic rings. The first-order valence-electron chi connectivity index (χ1n) is 6.35. The number of aromatic nitrogens is 1. The summed E-state index contributed by atoms with van der Waals surface area (Å²) >= 11 is 6.17. The molecular weight excluding hydrogens is 248 g/mol. The summed E-state index contributed by atoms with van der Waals surface area (Å²) in [4.78, 5) is 9.03. The zero-order chi connectivity index (χ0) is 13.2. The first-order chi connectivity index (χ1) is 8.54. The number of nitrogens with zero attached hydrogens (tertiary/aromatic N) is 3. The number of rotatable bonds is 3. The van der Waals surface area contributed by atoms with Crippen molar-refractivity contribution >= 4 is 17.4 Å². The van der Waals surface area contributed by atoms with Gasteiger partial charge in [0.1, 0.15) is 5.82 Å². The molecule has 0 bridgehead atoms. The SMILES string of the molecule is CC(C)(CN)N1CCN(c2ncccc2Cl)CC1. The van der Waals surface area contributed by atoms with Gasteiger partial charge in [-0.1, -0.05) is 11.6 Å². The summed E-state index contributed by atoms with van der Waals surface area (Å²) in [6, 6.07) is 3.75. The van der Waals surface area contributed by atoms with Crippen LogP contribution in [0.4, 0.5) is 5.82 Å². The van der Waals surface area contributed by atoms with Gasteiger partial charge in [-0.3, -0.25) is 4.90 Å². The Kier molecular flexibility index (Phi) is 4.10. The number of hydrogen-bond donors (Lipinski definition) is 1. The fraction of sp³-hybridized carbons (Fsp3) is 0.615. The quantitative estimate of drug-likeness (QED) is 0.904. The van der Waals surface area contributed by atoms with Gasteiger partial charge in [0.25, 0.3) is 0 Å². The van der Waals surface area contributed by atoms with Crippen molar-refractivity contribution in [1.29, 1.82) is 0 Å². The monoisotopic (exact) mass is 268 g/mol. The topological polar surface area (TPSA) is 45.4 Å². The van der Waals surface area contributed by atoms with E-state index in [4.69, 9.17) is 17.3 Å². The van der Waals surface area contributed by atoms with Crippen LogP contribution in [0.5, 0.6) is 0 Å². The van der Waals surface area contributed by atoms with Gasteiger partial charge in [0.2, 0.25) is 0 Å². The van der Waals surface area contributed by atoms with Crippen molar-refractivity contribution in [1.82, 2.24) is 9.88 Å². The lowest BCUT2D eigenvalue weighted by molar-refractivity contribution is 0.119. The van der Waals surface area contributed by atoms with E-state index in [-0.39, 0.29) is 5.54 Å². The van der Waals surface area contributed by atoms with E-state index in [0.717, 1.165) is 37.0 Å². The molecule has 4 nitrogen and oxygen atoms in total. The van der Waals surface area contributed by atoms with Gasteiger partial charge in [0.15, 0.2) is 0 Å². The number of piperazine rings is 1. The summed E-state index contributed by atoms with van der Waals surface area (Å²) in [6.07, 6.45) is 1.79. The first kappa shape index (κ1) is 13.6. The third-order valence-corrected chi connectivity index (χ3v) is 3.97. The summed E-state index contributed by atoms with van der Waals surface area (Å²) in [5.74, 6) is 0.893. The fourth-order valence-electron chi connectivity index (χ4n) is 2.26. The Morgan fingerprint density at radius 2 is 2.00 bits per heavy atom.